The minimum atomic E-state index is -0.500. The van der Waals surface area contributed by atoms with Gasteiger partial charge in [0.25, 0.3) is 0 Å². The van der Waals surface area contributed by atoms with Gasteiger partial charge in [0.15, 0.2) is 0 Å². The summed E-state index contributed by atoms with van der Waals surface area (Å²) in [7, 11) is 0. The highest BCUT2D eigenvalue weighted by molar-refractivity contribution is 5.97. The van der Waals surface area contributed by atoms with E-state index in [0.29, 0.717) is 5.75 Å². The van der Waals surface area contributed by atoms with E-state index in [9.17, 15) is 9.59 Å². The van der Waals surface area contributed by atoms with Crippen LogP contribution < -0.4 is 4.74 Å². The van der Waals surface area contributed by atoms with E-state index in [1.54, 1.807) is 38.1 Å². The smallest absolute Gasteiger partial charge is 0.318 e. The van der Waals surface area contributed by atoms with Crippen molar-refractivity contribution in [2.45, 2.75) is 20.3 Å². The number of hydrogen-bond acceptors (Lipinski definition) is 3. The number of Topliss-reactive ketones (excluding diaryl/α,β-unsaturated/α-hetero) is 1. The summed E-state index contributed by atoms with van der Waals surface area (Å²) in [4.78, 5) is 22.5. The van der Waals surface area contributed by atoms with Crippen molar-refractivity contribution in [1.82, 2.24) is 0 Å². The zero-order chi connectivity index (χ0) is 11.3. The summed E-state index contributed by atoms with van der Waals surface area (Å²) in [6.07, 6.45) is -0.160. The zero-order valence-electron chi connectivity index (χ0n) is 8.90. The van der Waals surface area contributed by atoms with Crippen LogP contribution in [0.3, 0.4) is 0 Å². The second kappa shape index (κ2) is 5.29. The fourth-order valence-electron chi connectivity index (χ4n) is 1.00. The fourth-order valence-corrected chi connectivity index (χ4v) is 1.00. The molecular formula is C12H14O3. The second-order valence-corrected chi connectivity index (χ2v) is 3.58. The molecule has 0 heterocycles. The fraction of sp³-hybridized carbons (Fsp3) is 0.333. The van der Waals surface area contributed by atoms with Crippen molar-refractivity contribution >= 4 is 11.8 Å². The Bertz CT molecular complexity index is 341. The van der Waals surface area contributed by atoms with Crippen molar-refractivity contribution in [2.24, 2.45) is 5.92 Å². The molecule has 0 aliphatic rings. The van der Waals surface area contributed by atoms with Gasteiger partial charge in [0.05, 0.1) is 0 Å². The van der Waals surface area contributed by atoms with Gasteiger partial charge in [-0.15, -0.1) is 0 Å². The molecule has 3 heteroatoms. The Labute approximate surface area is 89.1 Å². The number of para-hydroxylation sites is 1. The summed E-state index contributed by atoms with van der Waals surface area (Å²) in [5.41, 5.74) is 0. The predicted molar refractivity (Wildman–Crippen MR) is 56.5 cm³/mol. The second-order valence-electron chi connectivity index (χ2n) is 3.58. The predicted octanol–water partition coefficient (Wildman–Crippen LogP) is 2.21. The van der Waals surface area contributed by atoms with Gasteiger partial charge < -0.3 is 4.74 Å². The van der Waals surface area contributed by atoms with Crippen LogP contribution in [0.5, 0.6) is 5.75 Å². The van der Waals surface area contributed by atoms with Crippen LogP contribution in [0.25, 0.3) is 0 Å². The molecule has 0 radical (unpaired) electrons. The summed E-state index contributed by atoms with van der Waals surface area (Å²) < 4.78 is 4.98. The summed E-state index contributed by atoms with van der Waals surface area (Å²) in [6, 6.07) is 8.73. The van der Waals surface area contributed by atoms with Crippen molar-refractivity contribution in [3.63, 3.8) is 0 Å². The van der Waals surface area contributed by atoms with E-state index >= 15 is 0 Å². The molecule has 0 bridgehead atoms. The highest BCUT2D eigenvalue weighted by Crippen LogP contribution is 2.10. The Morgan fingerprint density at radius 2 is 1.80 bits per heavy atom. The lowest BCUT2D eigenvalue weighted by molar-refractivity contribution is -0.138. The molecule has 0 aliphatic carbocycles. The lowest BCUT2D eigenvalue weighted by Gasteiger charge is -2.04. The van der Waals surface area contributed by atoms with Crippen molar-refractivity contribution in [3.8, 4) is 5.75 Å². The van der Waals surface area contributed by atoms with Gasteiger partial charge in [-0.3, -0.25) is 9.59 Å². The average Bonchev–Trinajstić information content (AvgIpc) is 2.18. The maximum Gasteiger partial charge on any atom is 0.318 e. The van der Waals surface area contributed by atoms with E-state index in [1.165, 1.54) is 0 Å². The molecule has 3 nitrogen and oxygen atoms in total. The summed E-state index contributed by atoms with van der Waals surface area (Å²) >= 11 is 0. The molecule has 0 spiro atoms. The van der Waals surface area contributed by atoms with Crippen molar-refractivity contribution in [3.05, 3.63) is 30.3 Å². The van der Waals surface area contributed by atoms with Gasteiger partial charge in [-0.1, -0.05) is 32.0 Å². The Balaban J connectivity index is 2.47. The first-order valence-electron chi connectivity index (χ1n) is 4.88. The summed E-state index contributed by atoms with van der Waals surface area (Å²) in [5.74, 6) is -0.261. The molecule has 0 N–H and O–H groups in total. The largest absolute Gasteiger partial charge is 0.426 e. The van der Waals surface area contributed by atoms with Crippen LogP contribution >= 0.6 is 0 Å². The number of hydrogen-bond donors (Lipinski definition) is 0. The Kier molecular flexibility index (Phi) is 4.03. The number of esters is 1. The van der Waals surface area contributed by atoms with Crippen LogP contribution in [-0.2, 0) is 9.59 Å². The minimum absolute atomic E-state index is 0.101. The number of ether oxygens (including phenoxy) is 1. The quantitative estimate of drug-likeness (QED) is 0.431. The van der Waals surface area contributed by atoms with Crippen LogP contribution in [0.2, 0.25) is 0 Å². The molecule has 0 unspecified atom stereocenters. The maximum absolute atomic E-state index is 11.3. The van der Waals surface area contributed by atoms with Gasteiger partial charge in [-0.2, -0.15) is 0 Å². The third kappa shape index (κ3) is 3.94. The molecule has 0 fully saturated rings. The van der Waals surface area contributed by atoms with E-state index in [0.717, 1.165) is 0 Å². The SMILES string of the molecule is CC(C)C(=O)CC(=O)Oc1ccccc1. The van der Waals surface area contributed by atoms with E-state index in [4.69, 9.17) is 4.74 Å². The van der Waals surface area contributed by atoms with Gasteiger partial charge in [0, 0.05) is 5.92 Å². The van der Waals surface area contributed by atoms with E-state index < -0.39 is 5.97 Å². The number of carbonyl (C=O) groups is 2. The lowest BCUT2D eigenvalue weighted by atomic mass is 10.1. The van der Waals surface area contributed by atoms with E-state index in [-0.39, 0.29) is 18.1 Å². The van der Waals surface area contributed by atoms with Crippen LogP contribution in [0.1, 0.15) is 20.3 Å². The lowest BCUT2D eigenvalue weighted by Crippen LogP contribution is -2.17. The maximum atomic E-state index is 11.3. The van der Waals surface area contributed by atoms with Crippen LogP contribution in [-0.4, -0.2) is 11.8 Å². The van der Waals surface area contributed by atoms with Gasteiger partial charge >= 0.3 is 5.97 Å². The topological polar surface area (TPSA) is 43.4 Å². The molecule has 80 valence electrons. The molecule has 0 amide bonds. The highest BCUT2D eigenvalue weighted by atomic mass is 16.5. The molecule has 0 aliphatic heterocycles. The molecule has 0 saturated carbocycles. The van der Waals surface area contributed by atoms with Crippen LogP contribution in [0.15, 0.2) is 30.3 Å². The Hall–Kier alpha value is -1.64. The molecule has 0 aromatic heterocycles. The van der Waals surface area contributed by atoms with Crippen LogP contribution in [0, 0.1) is 5.92 Å². The number of carbonyl (C=O) groups excluding carboxylic acids is 2. The third-order valence-corrected chi connectivity index (χ3v) is 1.94. The number of rotatable bonds is 4. The van der Waals surface area contributed by atoms with Gasteiger partial charge in [-0.05, 0) is 12.1 Å². The minimum Gasteiger partial charge on any atom is -0.426 e. The number of benzene rings is 1. The van der Waals surface area contributed by atoms with Gasteiger partial charge in [0.1, 0.15) is 18.0 Å². The molecule has 15 heavy (non-hydrogen) atoms. The first kappa shape index (κ1) is 11.4. The Morgan fingerprint density at radius 1 is 1.20 bits per heavy atom. The van der Waals surface area contributed by atoms with Gasteiger partial charge in [-0.25, -0.2) is 0 Å². The van der Waals surface area contributed by atoms with E-state index in [1.807, 2.05) is 6.07 Å². The third-order valence-electron chi connectivity index (χ3n) is 1.94. The summed E-state index contributed by atoms with van der Waals surface area (Å²) in [6.45, 7) is 3.52. The molecule has 0 atom stereocenters. The summed E-state index contributed by atoms with van der Waals surface area (Å²) in [5, 5.41) is 0. The zero-order valence-corrected chi connectivity index (χ0v) is 8.90. The molecule has 1 aromatic rings. The monoisotopic (exact) mass is 206 g/mol. The first-order valence-corrected chi connectivity index (χ1v) is 4.88. The standard InChI is InChI=1S/C12H14O3/c1-9(2)11(13)8-12(14)15-10-6-4-3-5-7-10/h3-7,9H,8H2,1-2H3. The van der Waals surface area contributed by atoms with Gasteiger partial charge in [0.2, 0.25) is 0 Å². The van der Waals surface area contributed by atoms with E-state index in [2.05, 4.69) is 0 Å². The average molecular weight is 206 g/mol. The van der Waals surface area contributed by atoms with Crippen molar-refractivity contribution in [1.29, 1.82) is 0 Å². The molecule has 0 saturated heterocycles. The molecule has 1 rings (SSSR count). The highest BCUT2D eigenvalue weighted by Gasteiger charge is 2.14. The van der Waals surface area contributed by atoms with Crippen molar-refractivity contribution < 1.29 is 14.3 Å². The first-order chi connectivity index (χ1) is 7.09. The Morgan fingerprint density at radius 3 is 2.33 bits per heavy atom. The molecular weight excluding hydrogens is 192 g/mol. The molecule has 1 aromatic carbocycles. The van der Waals surface area contributed by atoms with Crippen molar-refractivity contribution in [2.75, 3.05) is 0 Å². The normalized spacial score (nSPS) is 10.1. The number of ketones is 1. The van der Waals surface area contributed by atoms with Crippen LogP contribution in [0.4, 0.5) is 0 Å².